The van der Waals surface area contributed by atoms with Crippen LogP contribution >= 0.6 is 0 Å². The Balaban J connectivity index is 1.68. The Morgan fingerprint density at radius 1 is 1.07 bits per heavy atom. The van der Waals surface area contributed by atoms with Crippen LogP contribution in [0.15, 0.2) is 53.5 Å². The molecule has 3 rings (SSSR count). The van der Waals surface area contributed by atoms with Crippen LogP contribution in [0.1, 0.15) is 24.2 Å². The van der Waals surface area contributed by atoms with Gasteiger partial charge in [-0.1, -0.05) is 6.07 Å². The SMILES string of the molecule is CCN(CC)C(=O)c1ccc(NC(=O)Cn2nc3ccccn3c2=O)cc1. The van der Waals surface area contributed by atoms with E-state index in [1.54, 1.807) is 53.6 Å². The third-order valence-corrected chi connectivity index (χ3v) is 4.25. The first-order valence-corrected chi connectivity index (χ1v) is 8.77. The molecule has 1 aromatic carbocycles. The quantitative estimate of drug-likeness (QED) is 0.717. The minimum atomic E-state index is -0.374. The number of pyridine rings is 1. The molecule has 27 heavy (non-hydrogen) atoms. The third kappa shape index (κ3) is 3.89. The zero-order chi connectivity index (χ0) is 19.4. The number of carbonyl (C=O) groups excluding carboxylic acids is 2. The van der Waals surface area contributed by atoms with Crippen molar-refractivity contribution in [2.24, 2.45) is 0 Å². The van der Waals surface area contributed by atoms with Crippen LogP contribution in [0.5, 0.6) is 0 Å². The molecule has 2 amide bonds. The Bertz CT molecular complexity index is 1020. The molecule has 0 radical (unpaired) electrons. The first-order valence-electron chi connectivity index (χ1n) is 8.77. The maximum absolute atomic E-state index is 12.3. The summed E-state index contributed by atoms with van der Waals surface area (Å²) in [6.07, 6.45) is 1.60. The maximum atomic E-state index is 12.3. The highest BCUT2D eigenvalue weighted by molar-refractivity contribution is 5.95. The number of carbonyl (C=O) groups is 2. The number of hydrogen-bond acceptors (Lipinski definition) is 4. The molecule has 0 aliphatic carbocycles. The van der Waals surface area contributed by atoms with Gasteiger partial charge in [0.25, 0.3) is 5.91 Å². The van der Waals surface area contributed by atoms with Crippen molar-refractivity contribution in [3.8, 4) is 0 Å². The highest BCUT2D eigenvalue weighted by Crippen LogP contribution is 2.12. The first kappa shape index (κ1) is 18.4. The van der Waals surface area contributed by atoms with Crippen molar-refractivity contribution < 1.29 is 9.59 Å². The molecule has 0 atom stereocenters. The van der Waals surface area contributed by atoms with Crippen LogP contribution in [0.25, 0.3) is 5.65 Å². The molecule has 0 bridgehead atoms. The monoisotopic (exact) mass is 367 g/mol. The van der Waals surface area contributed by atoms with Gasteiger partial charge in [-0.05, 0) is 50.2 Å². The number of benzene rings is 1. The van der Waals surface area contributed by atoms with E-state index in [1.165, 1.54) is 4.40 Å². The second kappa shape index (κ2) is 7.86. The molecule has 8 heteroatoms. The van der Waals surface area contributed by atoms with E-state index in [-0.39, 0.29) is 24.0 Å². The average molecular weight is 367 g/mol. The van der Waals surface area contributed by atoms with Crippen molar-refractivity contribution in [1.29, 1.82) is 0 Å². The summed E-state index contributed by atoms with van der Waals surface area (Å²) in [6.45, 7) is 4.94. The number of hydrogen-bond donors (Lipinski definition) is 1. The summed E-state index contributed by atoms with van der Waals surface area (Å²) < 4.78 is 2.49. The van der Waals surface area contributed by atoms with Crippen LogP contribution < -0.4 is 11.0 Å². The molecule has 0 saturated heterocycles. The molecular formula is C19H21N5O3. The van der Waals surface area contributed by atoms with Gasteiger partial charge in [0.05, 0.1) is 0 Å². The predicted octanol–water partition coefficient (Wildman–Crippen LogP) is 1.62. The topological polar surface area (TPSA) is 88.7 Å². The molecule has 0 saturated carbocycles. The van der Waals surface area contributed by atoms with Gasteiger partial charge < -0.3 is 10.2 Å². The minimum absolute atomic E-state index is 0.0471. The Labute approximate surface area is 156 Å². The number of amides is 2. The molecule has 0 fully saturated rings. The molecule has 1 N–H and O–H groups in total. The lowest BCUT2D eigenvalue weighted by Gasteiger charge is -2.18. The molecule has 3 aromatic rings. The van der Waals surface area contributed by atoms with E-state index in [0.29, 0.717) is 30.0 Å². The van der Waals surface area contributed by atoms with Crippen molar-refractivity contribution >= 4 is 23.1 Å². The molecule has 0 unspecified atom stereocenters. The van der Waals surface area contributed by atoms with Gasteiger partial charge in [0.2, 0.25) is 5.91 Å². The Morgan fingerprint density at radius 3 is 2.41 bits per heavy atom. The highest BCUT2D eigenvalue weighted by atomic mass is 16.2. The van der Waals surface area contributed by atoms with E-state index in [0.717, 1.165) is 4.68 Å². The van der Waals surface area contributed by atoms with Gasteiger partial charge in [-0.15, -0.1) is 5.10 Å². The fourth-order valence-corrected chi connectivity index (χ4v) is 2.80. The molecule has 2 heterocycles. The zero-order valence-electron chi connectivity index (χ0n) is 15.3. The average Bonchev–Trinajstić information content (AvgIpc) is 2.99. The van der Waals surface area contributed by atoms with Gasteiger partial charge in [-0.25, -0.2) is 9.48 Å². The lowest BCUT2D eigenvalue weighted by atomic mass is 10.1. The van der Waals surface area contributed by atoms with Crippen LogP contribution in [0, 0.1) is 0 Å². The second-order valence-corrected chi connectivity index (χ2v) is 5.97. The molecule has 0 spiro atoms. The Morgan fingerprint density at radius 2 is 1.78 bits per heavy atom. The standard InChI is InChI=1S/C19H21N5O3/c1-3-22(4-2)18(26)14-8-10-15(11-9-14)20-17(25)13-24-19(27)23-12-6-5-7-16(23)21-24/h5-12H,3-4,13H2,1-2H3,(H,20,25). The lowest BCUT2D eigenvalue weighted by Crippen LogP contribution is -2.30. The highest BCUT2D eigenvalue weighted by Gasteiger charge is 2.13. The predicted molar refractivity (Wildman–Crippen MR) is 102 cm³/mol. The van der Waals surface area contributed by atoms with E-state index in [9.17, 15) is 14.4 Å². The van der Waals surface area contributed by atoms with E-state index in [4.69, 9.17) is 0 Å². The van der Waals surface area contributed by atoms with Crippen LogP contribution in [0.2, 0.25) is 0 Å². The summed E-state index contributed by atoms with van der Waals surface area (Å²) in [5.41, 5.74) is 1.22. The number of nitrogens with zero attached hydrogens (tertiary/aromatic N) is 4. The summed E-state index contributed by atoms with van der Waals surface area (Å²) in [6, 6.07) is 11.9. The first-order chi connectivity index (χ1) is 13.0. The van der Waals surface area contributed by atoms with Crippen LogP contribution in [-0.4, -0.2) is 44.0 Å². The van der Waals surface area contributed by atoms with Gasteiger partial charge >= 0.3 is 5.69 Å². The zero-order valence-corrected chi connectivity index (χ0v) is 15.3. The summed E-state index contributed by atoms with van der Waals surface area (Å²) in [4.78, 5) is 38.5. The van der Waals surface area contributed by atoms with Gasteiger partial charge in [0.1, 0.15) is 6.54 Å². The summed E-state index contributed by atoms with van der Waals surface area (Å²) in [5.74, 6) is -0.419. The summed E-state index contributed by atoms with van der Waals surface area (Å²) in [7, 11) is 0. The lowest BCUT2D eigenvalue weighted by molar-refractivity contribution is -0.117. The van der Waals surface area contributed by atoms with Crippen molar-refractivity contribution in [1.82, 2.24) is 19.1 Å². The van der Waals surface area contributed by atoms with E-state index in [1.807, 2.05) is 13.8 Å². The van der Waals surface area contributed by atoms with Crippen LogP contribution in [-0.2, 0) is 11.3 Å². The fraction of sp³-hybridized carbons (Fsp3) is 0.263. The van der Waals surface area contributed by atoms with Crippen LogP contribution in [0.4, 0.5) is 5.69 Å². The van der Waals surface area contributed by atoms with Crippen molar-refractivity contribution in [3.63, 3.8) is 0 Å². The summed E-state index contributed by atoms with van der Waals surface area (Å²) >= 11 is 0. The number of aromatic nitrogens is 3. The van der Waals surface area contributed by atoms with Crippen molar-refractivity contribution in [3.05, 3.63) is 64.7 Å². The van der Waals surface area contributed by atoms with Crippen LogP contribution in [0.3, 0.4) is 0 Å². The van der Waals surface area contributed by atoms with Gasteiger partial charge in [0, 0.05) is 30.5 Å². The number of anilines is 1. The largest absolute Gasteiger partial charge is 0.350 e. The number of rotatable bonds is 6. The third-order valence-electron chi connectivity index (χ3n) is 4.25. The molecule has 8 nitrogen and oxygen atoms in total. The Kier molecular flexibility index (Phi) is 5.35. The smallest absolute Gasteiger partial charge is 0.339 e. The maximum Gasteiger partial charge on any atom is 0.350 e. The van der Waals surface area contributed by atoms with Gasteiger partial charge in [0.15, 0.2) is 5.65 Å². The second-order valence-electron chi connectivity index (χ2n) is 5.97. The van der Waals surface area contributed by atoms with E-state index in [2.05, 4.69) is 10.4 Å². The molecule has 140 valence electrons. The van der Waals surface area contributed by atoms with E-state index < -0.39 is 0 Å². The van der Waals surface area contributed by atoms with Gasteiger partial charge in [-0.3, -0.25) is 14.0 Å². The van der Waals surface area contributed by atoms with E-state index >= 15 is 0 Å². The molecule has 0 aliphatic heterocycles. The fourth-order valence-electron chi connectivity index (χ4n) is 2.80. The number of nitrogens with one attached hydrogen (secondary N) is 1. The Hall–Kier alpha value is -3.42. The number of fused-ring (bicyclic) bond motifs is 1. The molecule has 0 aliphatic rings. The normalized spacial score (nSPS) is 10.7. The van der Waals surface area contributed by atoms with Gasteiger partial charge in [-0.2, -0.15) is 0 Å². The van der Waals surface area contributed by atoms with Crippen molar-refractivity contribution in [2.45, 2.75) is 20.4 Å². The molecule has 2 aromatic heterocycles. The minimum Gasteiger partial charge on any atom is -0.339 e. The molecular weight excluding hydrogens is 346 g/mol. The van der Waals surface area contributed by atoms with Crippen molar-refractivity contribution in [2.75, 3.05) is 18.4 Å². The summed E-state index contributed by atoms with van der Waals surface area (Å²) in [5, 5.41) is 6.84.